The summed E-state index contributed by atoms with van der Waals surface area (Å²) in [7, 11) is 0. The van der Waals surface area contributed by atoms with Gasteiger partial charge in [-0.05, 0) is 42.8 Å². The number of benzene rings is 2. The largest absolute Gasteiger partial charge is 0.490 e. The molecule has 1 saturated heterocycles. The minimum atomic E-state index is -0.234. The van der Waals surface area contributed by atoms with Crippen molar-refractivity contribution in [1.82, 2.24) is 5.32 Å². The van der Waals surface area contributed by atoms with E-state index in [1.54, 1.807) is 12.1 Å². The van der Waals surface area contributed by atoms with Crippen LogP contribution in [0.3, 0.4) is 0 Å². The molecule has 104 valence electrons. The van der Waals surface area contributed by atoms with Crippen molar-refractivity contribution >= 4 is 0 Å². The van der Waals surface area contributed by atoms with Crippen LogP contribution in [0.1, 0.15) is 17.9 Å². The van der Waals surface area contributed by atoms with Gasteiger partial charge in [0, 0.05) is 12.5 Å². The number of halogens is 1. The van der Waals surface area contributed by atoms with E-state index in [0.29, 0.717) is 5.92 Å². The third-order valence-electron chi connectivity index (χ3n) is 3.75. The number of piperidine rings is 1. The van der Waals surface area contributed by atoms with E-state index in [4.69, 9.17) is 4.74 Å². The maximum atomic E-state index is 12.9. The second kappa shape index (κ2) is 6.06. The van der Waals surface area contributed by atoms with Gasteiger partial charge in [0.05, 0.1) is 0 Å². The standard InChI is InChI=1S/C17H18FNO/c18-14-6-8-15(9-7-14)20-17-10-11-19-12-16(17)13-4-2-1-3-5-13/h1-9,16-17,19H,10-12H2/t16-,17+/m1/s1. The zero-order chi connectivity index (χ0) is 13.8. The van der Waals surface area contributed by atoms with Crippen molar-refractivity contribution in [3.63, 3.8) is 0 Å². The minimum absolute atomic E-state index is 0.129. The molecule has 1 aliphatic heterocycles. The van der Waals surface area contributed by atoms with Crippen molar-refractivity contribution in [2.45, 2.75) is 18.4 Å². The molecule has 1 fully saturated rings. The summed E-state index contributed by atoms with van der Waals surface area (Å²) in [4.78, 5) is 0. The minimum Gasteiger partial charge on any atom is -0.490 e. The number of hydrogen-bond acceptors (Lipinski definition) is 2. The van der Waals surface area contributed by atoms with Gasteiger partial charge in [0.1, 0.15) is 17.7 Å². The summed E-state index contributed by atoms with van der Waals surface area (Å²) in [6.45, 7) is 1.87. The predicted molar refractivity (Wildman–Crippen MR) is 77.5 cm³/mol. The Morgan fingerprint density at radius 1 is 1.00 bits per heavy atom. The zero-order valence-electron chi connectivity index (χ0n) is 11.3. The van der Waals surface area contributed by atoms with Crippen molar-refractivity contribution in [3.8, 4) is 5.75 Å². The molecule has 0 aliphatic carbocycles. The summed E-state index contributed by atoms with van der Waals surface area (Å²) < 4.78 is 19.0. The summed E-state index contributed by atoms with van der Waals surface area (Å²) >= 11 is 0. The van der Waals surface area contributed by atoms with Crippen LogP contribution in [0.25, 0.3) is 0 Å². The number of nitrogens with one attached hydrogen (secondary N) is 1. The van der Waals surface area contributed by atoms with Gasteiger partial charge in [-0.25, -0.2) is 4.39 Å². The fraction of sp³-hybridized carbons (Fsp3) is 0.294. The van der Waals surface area contributed by atoms with Crippen LogP contribution in [-0.2, 0) is 0 Å². The summed E-state index contributed by atoms with van der Waals surface area (Å²) in [6, 6.07) is 16.7. The summed E-state index contributed by atoms with van der Waals surface area (Å²) in [5.74, 6) is 0.830. The second-order valence-corrected chi connectivity index (χ2v) is 5.12. The molecular weight excluding hydrogens is 253 g/mol. The molecule has 3 rings (SSSR count). The molecule has 0 aromatic heterocycles. The van der Waals surface area contributed by atoms with Gasteiger partial charge >= 0.3 is 0 Å². The molecule has 1 N–H and O–H groups in total. The van der Waals surface area contributed by atoms with Crippen LogP contribution in [0.2, 0.25) is 0 Å². The molecule has 2 aromatic carbocycles. The van der Waals surface area contributed by atoms with E-state index in [2.05, 4.69) is 29.6 Å². The highest BCUT2D eigenvalue weighted by Crippen LogP contribution is 2.27. The SMILES string of the molecule is Fc1ccc(O[C@H]2CCNC[C@@H]2c2ccccc2)cc1. The number of ether oxygens (including phenoxy) is 1. The molecule has 0 saturated carbocycles. The fourth-order valence-corrected chi connectivity index (χ4v) is 2.70. The quantitative estimate of drug-likeness (QED) is 0.924. The van der Waals surface area contributed by atoms with Gasteiger partial charge in [-0.2, -0.15) is 0 Å². The molecule has 2 atom stereocenters. The molecule has 0 amide bonds. The number of rotatable bonds is 3. The second-order valence-electron chi connectivity index (χ2n) is 5.12. The summed E-state index contributed by atoms with van der Waals surface area (Å²) in [5, 5.41) is 3.42. The van der Waals surface area contributed by atoms with Crippen LogP contribution >= 0.6 is 0 Å². The Hall–Kier alpha value is -1.87. The molecule has 3 heteroatoms. The van der Waals surface area contributed by atoms with E-state index < -0.39 is 0 Å². The third kappa shape index (κ3) is 2.99. The first-order valence-corrected chi connectivity index (χ1v) is 7.01. The van der Waals surface area contributed by atoms with Crippen LogP contribution in [0, 0.1) is 5.82 Å². The first-order chi connectivity index (χ1) is 9.83. The maximum Gasteiger partial charge on any atom is 0.123 e. The fourth-order valence-electron chi connectivity index (χ4n) is 2.70. The molecular formula is C17H18FNO. The highest BCUT2D eigenvalue weighted by atomic mass is 19.1. The van der Waals surface area contributed by atoms with Gasteiger partial charge in [0.25, 0.3) is 0 Å². The highest BCUT2D eigenvalue weighted by Gasteiger charge is 2.27. The van der Waals surface area contributed by atoms with Crippen molar-refractivity contribution in [2.24, 2.45) is 0 Å². The van der Waals surface area contributed by atoms with Crippen LogP contribution in [0.15, 0.2) is 54.6 Å². The Bertz CT molecular complexity index is 541. The lowest BCUT2D eigenvalue weighted by atomic mass is 9.89. The molecule has 0 unspecified atom stereocenters. The van der Waals surface area contributed by atoms with E-state index in [1.807, 2.05) is 6.07 Å². The van der Waals surface area contributed by atoms with Gasteiger partial charge in [0.15, 0.2) is 0 Å². The Morgan fingerprint density at radius 3 is 2.50 bits per heavy atom. The Labute approximate surface area is 118 Å². The lowest BCUT2D eigenvalue weighted by Gasteiger charge is -2.32. The predicted octanol–water partition coefficient (Wildman–Crippen LogP) is 3.35. The van der Waals surface area contributed by atoms with Crippen LogP contribution in [0.5, 0.6) is 5.75 Å². The third-order valence-corrected chi connectivity index (χ3v) is 3.75. The maximum absolute atomic E-state index is 12.9. The first-order valence-electron chi connectivity index (χ1n) is 7.01. The average Bonchev–Trinajstić information content (AvgIpc) is 2.51. The topological polar surface area (TPSA) is 21.3 Å². The van der Waals surface area contributed by atoms with Crippen molar-refractivity contribution in [1.29, 1.82) is 0 Å². The van der Waals surface area contributed by atoms with E-state index >= 15 is 0 Å². The molecule has 2 nitrogen and oxygen atoms in total. The van der Waals surface area contributed by atoms with E-state index in [9.17, 15) is 4.39 Å². The smallest absolute Gasteiger partial charge is 0.123 e. The number of hydrogen-bond donors (Lipinski definition) is 1. The monoisotopic (exact) mass is 271 g/mol. The Morgan fingerprint density at radius 2 is 1.75 bits per heavy atom. The Kier molecular flexibility index (Phi) is 3.97. The van der Waals surface area contributed by atoms with Gasteiger partial charge < -0.3 is 10.1 Å². The van der Waals surface area contributed by atoms with Gasteiger partial charge in [-0.1, -0.05) is 30.3 Å². The summed E-state index contributed by atoms with van der Waals surface area (Å²) in [5.41, 5.74) is 1.28. The lowest BCUT2D eigenvalue weighted by Crippen LogP contribution is -2.41. The molecule has 1 aliphatic rings. The molecule has 0 spiro atoms. The van der Waals surface area contributed by atoms with E-state index in [1.165, 1.54) is 17.7 Å². The van der Waals surface area contributed by atoms with Crippen molar-refractivity contribution in [2.75, 3.05) is 13.1 Å². The summed E-state index contributed by atoms with van der Waals surface area (Å²) in [6.07, 6.45) is 1.08. The van der Waals surface area contributed by atoms with E-state index in [0.717, 1.165) is 25.3 Å². The zero-order valence-corrected chi connectivity index (χ0v) is 11.3. The molecule has 1 heterocycles. The van der Waals surface area contributed by atoms with Gasteiger partial charge in [-0.15, -0.1) is 0 Å². The normalized spacial score (nSPS) is 22.4. The highest BCUT2D eigenvalue weighted by molar-refractivity contribution is 5.25. The molecule has 20 heavy (non-hydrogen) atoms. The van der Waals surface area contributed by atoms with Crippen LogP contribution in [0.4, 0.5) is 4.39 Å². The van der Waals surface area contributed by atoms with Gasteiger partial charge in [0.2, 0.25) is 0 Å². The van der Waals surface area contributed by atoms with Crippen LogP contribution in [-0.4, -0.2) is 19.2 Å². The van der Waals surface area contributed by atoms with Crippen LogP contribution < -0.4 is 10.1 Å². The first kappa shape index (κ1) is 13.1. The molecule has 0 radical (unpaired) electrons. The van der Waals surface area contributed by atoms with Crippen molar-refractivity contribution in [3.05, 3.63) is 66.0 Å². The molecule has 0 bridgehead atoms. The lowest BCUT2D eigenvalue weighted by molar-refractivity contribution is 0.138. The average molecular weight is 271 g/mol. The van der Waals surface area contributed by atoms with E-state index in [-0.39, 0.29) is 11.9 Å². The van der Waals surface area contributed by atoms with Gasteiger partial charge in [-0.3, -0.25) is 0 Å². The molecule has 2 aromatic rings. The van der Waals surface area contributed by atoms with Crippen molar-refractivity contribution < 1.29 is 9.13 Å². The Balaban J connectivity index is 1.77.